The zero-order valence-electron chi connectivity index (χ0n) is 16.4. The van der Waals surface area contributed by atoms with Crippen LogP contribution in [-0.2, 0) is 20.7 Å². The second-order valence-electron chi connectivity index (χ2n) is 6.96. The molecule has 2 aromatic carbocycles. The van der Waals surface area contributed by atoms with E-state index in [2.05, 4.69) is 10.3 Å². The Kier molecular flexibility index (Phi) is 6.90. The smallest absolute Gasteiger partial charge is 0.328 e. The number of carbonyl (C=O) groups excluding carboxylic acids is 2. The molecule has 0 saturated heterocycles. The highest BCUT2D eigenvalue weighted by Crippen LogP contribution is 2.20. The summed E-state index contributed by atoms with van der Waals surface area (Å²) in [5.74, 6) is -0.707. The molecule has 0 unspecified atom stereocenters. The van der Waals surface area contributed by atoms with Gasteiger partial charge in [-0.05, 0) is 24.6 Å². The maximum absolute atomic E-state index is 12.5. The predicted molar refractivity (Wildman–Crippen MR) is 113 cm³/mol. The number of hydrogen-bond acceptors (Lipinski definition) is 3. The van der Waals surface area contributed by atoms with Gasteiger partial charge in [-0.2, -0.15) is 0 Å². The molecular formula is C22H25ClN3O3+. The van der Waals surface area contributed by atoms with E-state index in [0.29, 0.717) is 11.4 Å². The molecule has 0 fully saturated rings. The molecule has 6 nitrogen and oxygen atoms in total. The summed E-state index contributed by atoms with van der Waals surface area (Å²) in [6.45, 7) is 2.16. The van der Waals surface area contributed by atoms with Gasteiger partial charge < -0.3 is 20.4 Å². The quantitative estimate of drug-likeness (QED) is 0.494. The minimum Gasteiger partial charge on any atom is -0.467 e. The van der Waals surface area contributed by atoms with Gasteiger partial charge >= 0.3 is 5.97 Å². The molecule has 1 aromatic heterocycles. The van der Waals surface area contributed by atoms with Gasteiger partial charge in [-0.3, -0.25) is 4.79 Å². The number of amides is 1. The minimum atomic E-state index is -0.754. The normalized spacial score (nSPS) is 13.1. The summed E-state index contributed by atoms with van der Waals surface area (Å²) in [6, 6.07) is 14.7. The van der Waals surface area contributed by atoms with Gasteiger partial charge in [0, 0.05) is 34.1 Å². The zero-order valence-corrected chi connectivity index (χ0v) is 17.2. The number of hydrogen-bond donors (Lipinski definition) is 3. The molecule has 0 aliphatic heterocycles. The molecule has 4 N–H and O–H groups in total. The summed E-state index contributed by atoms with van der Waals surface area (Å²) in [5, 5.41) is 6.38. The number of rotatable bonds is 8. The Hall–Kier alpha value is -2.83. The van der Waals surface area contributed by atoms with Gasteiger partial charge in [-0.25, -0.2) is 4.79 Å². The average molecular weight is 415 g/mol. The third-order valence-corrected chi connectivity index (χ3v) is 5.32. The van der Waals surface area contributed by atoms with Crippen LogP contribution < -0.4 is 10.6 Å². The Morgan fingerprint density at radius 3 is 2.66 bits per heavy atom. The van der Waals surface area contributed by atoms with Crippen molar-refractivity contribution in [2.24, 2.45) is 0 Å². The second kappa shape index (κ2) is 9.58. The Bertz CT molecular complexity index is 1000. The lowest BCUT2D eigenvalue weighted by Gasteiger charge is -2.17. The number of nitrogens with one attached hydrogen (secondary N) is 2. The third-order valence-electron chi connectivity index (χ3n) is 4.97. The molecule has 152 valence electrons. The van der Waals surface area contributed by atoms with E-state index in [1.54, 1.807) is 0 Å². The van der Waals surface area contributed by atoms with Crippen molar-refractivity contribution in [3.63, 3.8) is 0 Å². The first-order valence-electron chi connectivity index (χ1n) is 9.49. The number of halogens is 1. The highest BCUT2D eigenvalue weighted by atomic mass is 35.5. The van der Waals surface area contributed by atoms with Crippen molar-refractivity contribution in [2.75, 3.05) is 13.7 Å². The van der Waals surface area contributed by atoms with Crippen LogP contribution in [0.15, 0.2) is 54.7 Å². The monoisotopic (exact) mass is 414 g/mol. The molecule has 0 bridgehead atoms. The molecule has 2 atom stereocenters. The number of quaternary nitrogens is 1. The number of esters is 1. The van der Waals surface area contributed by atoms with E-state index >= 15 is 0 Å². The van der Waals surface area contributed by atoms with Gasteiger partial charge in [-0.15, -0.1) is 0 Å². The SMILES string of the molecule is COC(=O)[C@@H](Cc1c[nH]c2ccccc12)NC(=O)C[NH2+][C@H](C)c1ccccc1Cl. The van der Waals surface area contributed by atoms with E-state index in [0.717, 1.165) is 22.0 Å². The number of carbonyl (C=O) groups is 2. The topological polar surface area (TPSA) is 87.8 Å². The Balaban J connectivity index is 1.63. The maximum atomic E-state index is 12.5. The lowest BCUT2D eigenvalue weighted by Crippen LogP contribution is -2.87. The number of H-pyrrole nitrogens is 1. The van der Waals surface area contributed by atoms with Crippen LogP contribution in [0, 0.1) is 0 Å². The van der Waals surface area contributed by atoms with E-state index in [-0.39, 0.29) is 18.5 Å². The summed E-state index contributed by atoms with van der Waals surface area (Å²) in [4.78, 5) is 27.9. The highest BCUT2D eigenvalue weighted by molar-refractivity contribution is 6.31. The zero-order chi connectivity index (χ0) is 20.8. The Morgan fingerprint density at radius 2 is 1.90 bits per heavy atom. The van der Waals surface area contributed by atoms with Crippen LogP contribution in [0.25, 0.3) is 10.9 Å². The highest BCUT2D eigenvalue weighted by Gasteiger charge is 2.24. The second-order valence-corrected chi connectivity index (χ2v) is 7.36. The molecule has 0 spiro atoms. The molecule has 0 aliphatic rings. The first-order valence-corrected chi connectivity index (χ1v) is 9.87. The van der Waals surface area contributed by atoms with Gasteiger partial charge in [0.05, 0.1) is 7.11 Å². The number of nitrogens with two attached hydrogens (primary N) is 1. The van der Waals surface area contributed by atoms with Gasteiger partial charge in [0.1, 0.15) is 12.1 Å². The summed E-state index contributed by atoms with van der Waals surface area (Å²) in [6.07, 6.45) is 2.21. The van der Waals surface area contributed by atoms with Crippen LogP contribution in [0.1, 0.15) is 24.1 Å². The van der Waals surface area contributed by atoms with Crippen molar-refractivity contribution in [1.29, 1.82) is 0 Å². The summed E-state index contributed by atoms with van der Waals surface area (Å²) >= 11 is 6.22. The molecule has 7 heteroatoms. The molecule has 0 radical (unpaired) electrons. The molecule has 3 aromatic rings. The number of fused-ring (bicyclic) bond motifs is 1. The average Bonchev–Trinajstić information content (AvgIpc) is 3.14. The summed E-state index contributed by atoms with van der Waals surface area (Å²) in [5.41, 5.74) is 2.90. The van der Waals surface area contributed by atoms with E-state index in [1.807, 2.05) is 67.0 Å². The maximum Gasteiger partial charge on any atom is 0.328 e. The van der Waals surface area contributed by atoms with Crippen LogP contribution >= 0.6 is 11.6 Å². The third kappa shape index (κ3) is 5.16. The number of methoxy groups -OCH3 is 1. The first-order chi connectivity index (χ1) is 14.0. The van der Waals surface area contributed by atoms with E-state index in [1.165, 1.54) is 7.11 Å². The fourth-order valence-corrected chi connectivity index (χ4v) is 3.67. The molecule has 1 heterocycles. The lowest BCUT2D eigenvalue weighted by atomic mass is 10.0. The van der Waals surface area contributed by atoms with Crippen molar-refractivity contribution in [3.8, 4) is 0 Å². The fourth-order valence-electron chi connectivity index (χ4n) is 3.36. The summed E-state index contributed by atoms with van der Waals surface area (Å²) < 4.78 is 4.89. The Morgan fingerprint density at radius 1 is 1.17 bits per heavy atom. The van der Waals surface area contributed by atoms with Crippen molar-refractivity contribution in [1.82, 2.24) is 10.3 Å². The predicted octanol–water partition coefficient (Wildman–Crippen LogP) is 2.35. The van der Waals surface area contributed by atoms with Crippen LogP contribution in [0.4, 0.5) is 0 Å². The molecule has 0 saturated carbocycles. The Labute approximate surface area is 174 Å². The molecule has 1 amide bonds. The van der Waals surface area contributed by atoms with Crippen LogP contribution in [0.5, 0.6) is 0 Å². The molecule has 0 aliphatic carbocycles. The summed E-state index contributed by atoms with van der Waals surface area (Å²) in [7, 11) is 1.32. The van der Waals surface area contributed by atoms with Gasteiger partial charge in [0.25, 0.3) is 5.91 Å². The number of para-hydroxylation sites is 1. The van der Waals surface area contributed by atoms with Crippen molar-refractivity contribution in [3.05, 3.63) is 70.9 Å². The van der Waals surface area contributed by atoms with E-state index in [9.17, 15) is 9.59 Å². The van der Waals surface area contributed by atoms with Gasteiger partial charge in [0.2, 0.25) is 0 Å². The van der Waals surface area contributed by atoms with E-state index < -0.39 is 12.0 Å². The standard InChI is InChI=1S/C22H24ClN3O3/c1-14(16-7-3-5-9-18(16)23)24-13-21(27)26-20(22(28)29-2)11-15-12-25-19-10-6-4-8-17(15)19/h3-10,12,14,20,24-25H,11,13H2,1-2H3,(H,26,27)/p+1/t14-,20-/m1/s1. The van der Waals surface area contributed by atoms with Gasteiger partial charge in [-0.1, -0.05) is 48.0 Å². The fraction of sp³-hybridized carbons (Fsp3) is 0.273. The number of benzene rings is 2. The van der Waals surface area contributed by atoms with E-state index in [4.69, 9.17) is 16.3 Å². The number of ether oxygens (including phenoxy) is 1. The molecule has 29 heavy (non-hydrogen) atoms. The van der Waals surface area contributed by atoms with Gasteiger partial charge in [0.15, 0.2) is 6.54 Å². The first kappa shape index (κ1) is 20.9. The largest absolute Gasteiger partial charge is 0.467 e. The number of aromatic amines is 1. The van der Waals surface area contributed by atoms with Crippen molar-refractivity contribution in [2.45, 2.75) is 25.4 Å². The number of aromatic nitrogens is 1. The van der Waals surface area contributed by atoms with Crippen molar-refractivity contribution < 1.29 is 19.6 Å². The minimum absolute atomic E-state index is 0.0136. The van der Waals surface area contributed by atoms with Crippen LogP contribution in [-0.4, -0.2) is 36.6 Å². The lowest BCUT2D eigenvalue weighted by molar-refractivity contribution is -0.682. The molecule has 3 rings (SSSR count). The van der Waals surface area contributed by atoms with Crippen LogP contribution in [0.3, 0.4) is 0 Å². The molecular weight excluding hydrogens is 390 g/mol. The van der Waals surface area contributed by atoms with Crippen LogP contribution in [0.2, 0.25) is 5.02 Å². The van der Waals surface area contributed by atoms with Crippen molar-refractivity contribution >= 4 is 34.4 Å².